The molecule has 1 aliphatic rings. The normalized spacial score (nSPS) is 14.5. The van der Waals surface area contributed by atoms with Crippen LogP contribution in [0, 0.1) is 0 Å². The number of hydrogen-bond donors (Lipinski definition) is 1. The first-order chi connectivity index (χ1) is 9.76. The first-order valence-corrected chi connectivity index (χ1v) is 7.05. The zero-order valence-corrected chi connectivity index (χ0v) is 12.7. The van der Waals surface area contributed by atoms with Crippen molar-refractivity contribution in [2.75, 3.05) is 6.54 Å². The average Bonchev–Trinajstić information content (AvgIpc) is 2.35. The molecule has 21 heavy (non-hydrogen) atoms. The van der Waals surface area contributed by atoms with E-state index in [9.17, 15) is 9.59 Å². The average molecular weight is 291 g/mol. The van der Waals surface area contributed by atoms with Crippen molar-refractivity contribution in [2.45, 2.75) is 45.8 Å². The lowest BCUT2D eigenvalue weighted by atomic mass is 9.93. The molecule has 0 unspecified atom stereocenters. The fourth-order valence-electron chi connectivity index (χ4n) is 2.50. The Morgan fingerprint density at radius 3 is 2.67 bits per heavy atom. The van der Waals surface area contributed by atoms with Crippen molar-refractivity contribution in [1.29, 1.82) is 0 Å². The molecule has 0 spiro atoms. The van der Waals surface area contributed by atoms with Crippen molar-refractivity contribution in [2.24, 2.45) is 0 Å². The first-order valence-electron chi connectivity index (χ1n) is 7.05. The van der Waals surface area contributed by atoms with E-state index in [-0.39, 0.29) is 12.5 Å². The molecule has 1 aromatic rings. The third kappa shape index (κ3) is 3.97. The predicted octanol–water partition coefficient (Wildman–Crippen LogP) is 2.61. The van der Waals surface area contributed by atoms with Crippen LogP contribution in [0.5, 0.6) is 0 Å². The smallest absolute Gasteiger partial charge is 0.410 e. The number of amides is 1. The zero-order chi connectivity index (χ0) is 15.6. The number of carboxylic acids is 1. The van der Waals surface area contributed by atoms with E-state index in [4.69, 9.17) is 9.84 Å². The Morgan fingerprint density at radius 2 is 2.05 bits per heavy atom. The summed E-state index contributed by atoms with van der Waals surface area (Å²) < 4.78 is 5.38. The molecular formula is C16H21NO4. The number of fused-ring (bicyclic) bond motifs is 1. The second-order valence-electron chi connectivity index (χ2n) is 6.28. The maximum atomic E-state index is 12.1. The summed E-state index contributed by atoms with van der Waals surface area (Å²) in [5.41, 5.74) is 2.39. The number of carboxylic acid groups (broad SMARTS) is 1. The number of aliphatic carboxylic acids is 1. The van der Waals surface area contributed by atoms with E-state index in [1.165, 1.54) is 0 Å². The highest BCUT2D eigenvalue weighted by atomic mass is 16.6. The molecule has 1 heterocycles. The minimum absolute atomic E-state index is 0.0234. The van der Waals surface area contributed by atoms with Crippen LogP contribution in [0.25, 0.3) is 0 Å². The highest BCUT2D eigenvalue weighted by Crippen LogP contribution is 2.24. The third-order valence-corrected chi connectivity index (χ3v) is 3.36. The Morgan fingerprint density at radius 1 is 1.33 bits per heavy atom. The lowest BCUT2D eigenvalue weighted by Crippen LogP contribution is -2.40. The van der Waals surface area contributed by atoms with Crippen molar-refractivity contribution >= 4 is 12.1 Å². The van der Waals surface area contributed by atoms with Gasteiger partial charge in [-0.2, -0.15) is 0 Å². The van der Waals surface area contributed by atoms with Gasteiger partial charge < -0.3 is 14.7 Å². The molecule has 1 aliphatic heterocycles. The van der Waals surface area contributed by atoms with Crippen LogP contribution in [0.4, 0.5) is 4.79 Å². The highest BCUT2D eigenvalue weighted by Gasteiger charge is 2.26. The van der Waals surface area contributed by atoms with Crippen LogP contribution >= 0.6 is 0 Å². The van der Waals surface area contributed by atoms with Crippen LogP contribution in [-0.2, 0) is 28.9 Å². The second-order valence-corrected chi connectivity index (χ2v) is 6.28. The van der Waals surface area contributed by atoms with Crippen molar-refractivity contribution in [3.8, 4) is 0 Å². The van der Waals surface area contributed by atoms with E-state index < -0.39 is 11.6 Å². The van der Waals surface area contributed by atoms with Crippen LogP contribution in [0.15, 0.2) is 18.2 Å². The van der Waals surface area contributed by atoms with Gasteiger partial charge in [0.15, 0.2) is 0 Å². The van der Waals surface area contributed by atoms with Crippen LogP contribution in [0.3, 0.4) is 0 Å². The summed E-state index contributed by atoms with van der Waals surface area (Å²) in [4.78, 5) is 24.7. The molecular weight excluding hydrogens is 270 g/mol. The number of rotatable bonds is 2. The molecule has 1 amide bonds. The van der Waals surface area contributed by atoms with E-state index in [0.717, 1.165) is 16.7 Å². The predicted molar refractivity (Wildman–Crippen MR) is 78.1 cm³/mol. The summed E-state index contributed by atoms with van der Waals surface area (Å²) in [7, 11) is 0. The van der Waals surface area contributed by atoms with E-state index >= 15 is 0 Å². The van der Waals surface area contributed by atoms with Gasteiger partial charge in [-0.15, -0.1) is 0 Å². The monoisotopic (exact) mass is 291 g/mol. The Hall–Kier alpha value is -2.04. The minimum atomic E-state index is -0.835. The van der Waals surface area contributed by atoms with Crippen LogP contribution < -0.4 is 0 Å². The summed E-state index contributed by atoms with van der Waals surface area (Å²) >= 11 is 0. The minimum Gasteiger partial charge on any atom is -0.481 e. The number of ether oxygens (including phenoxy) is 1. The molecule has 0 radical (unpaired) electrons. The lowest BCUT2D eigenvalue weighted by Gasteiger charge is -2.32. The zero-order valence-electron chi connectivity index (χ0n) is 12.7. The Kier molecular flexibility index (Phi) is 4.21. The molecule has 0 atom stereocenters. The largest absolute Gasteiger partial charge is 0.481 e. The van der Waals surface area contributed by atoms with Gasteiger partial charge in [-0.3, -0.25) is 4.79 Å². The maximum Gasteiger partial charge on any atom is 0.410 e. The molecule has 5 nitrogen and oxygen atoms in total. The van der Waals surface area contributed by atoms with E-state index in [2.05, 4.69) is 0 Å². The SMILES string of the molecule is CC(C)(C)OC(=O)N1CCc2c(CC(=O)O)cccc2C1. The fourth-order valence-corrected chi connectivity index (χ4v) is 2.50. The van der Waals surface area contributed by atoms with Crippen molar-refractivity contribution < 1.29 is 19.4 Å². The van der Waals surface area contributed by atoms with Crippen molar-refractivity contribution in [3.63, 3.8) is 0 Å². The molecule has 114 valence electrons. The molecule has 0 aliphatic carbocycles. The van der Waals surface area contributed by atoms with Gasteiger partial charge in [0, 0.05) is 13.1 Å². The van der Waals surface area contributed by atoms with E-state index in [0.29, 0.717) is 19.5 Å². The topological polar surface area (TPSA) is 66.8 Å². The summed E-state index contributed by atoms with van der Waals surface area (Å²) in [6, 6.07) is 5.63. The van der Waals surface area contributed by atoms with Gasteiger partial charge in [0.2, 0.25) is 0 Å². The molecule has 2 rings (SSSR count). The van der Waals surface area contributed by atoms with Crippen LogP contribution in [0.2, 0.25) is 0 Å². The van der Waals surface area contributed by atoms with Crippen molar-refractivity contribution in [1.82, 2.24) is 4.90 Å². The standard InChI is InChI=1S/C16H21NO4/c1-16(2,3)21-15(20)17-8-7-13-11(9-14(18)19)5-4-6-12(13)10-17/h4-6H,7-10H2,1-3H3,(H,18,19). The number of carbonyl (C=O) groups excluding carboxylic acids is 1. The van der Waals surface area contributed by atoms with Gasteiger partial charge >= 0.3 is 12.1 Å². The number of nitrogens with zero attached hydrogens (tertiary/aromatic N) is 1. The number of carbonyl (C=O) groups is 2. The third-order valence-electron chi connectivity index (χ3n) is 3.36. The summed E-state index contributed by atoms with van der Waals surface area (Å²) in [5, 5.41) is 8.95. The van der Waals surface area contributed by atoms with Crippen LogP contribution in [0.1, 0.15) is 37.5 Å². The summed E-state index contributed by atoms with van der Waals surface area (Å²) in [6.45, 7) is 6.55. The highest BCUT2D eigenvalue weighted by molar-refractivity contribution is 5.72. The Labute approximate surface area is 124 Å². The maximum absolute atomic E-state index is 12.1. The Balaban J connectivity index is 2.14. The van der Waals surface area contributed by atoms with Crippen LogP contribution in [-0.4, -0.2) is 34.2 Å². The molecule has 0 bridgehead atoms. The fraction of sp³-hybridized carbons (Fsp3) is 0.500. The second kappa shape index (κ2) is 5.76. The molecule has 1 aromatic carbocycles. The van der Waals surface area contributed by atoms with Gasteiger partial charge in [-0.1, -0.05) is 18.2 Å². The van der Waals surface area contributed by atoms with Crippen molar-refractivity contribution in [3.05, 3.63) is 34.9 Å². The quantitative estimate of drug-likeness (QED) is 0.909. The number of hydrogen-bond acceptors (Lipinski definition) is 3. The summed E-state index contributed by atoms with van der Waals surface area (Å²) in [5.74, 6) is -0.835. The van der Waals surface area contributed by atoms with E-state index in [1.54, 1.807) is 4.90 Å². The molecule has 0 fully saturated rings. The Bertz CT molecular complexity index is 560. The van der Waals surface area contributed by atoms with Gasteiger partial charge in [0.05, 0.1) is 6.42 Å². The lowest BCUT2D eigenvalue weighted by molar-refractivity contribution is -0.136. The molecule has 1 N–H and O–H groups in total. The molecule has 0 saturated heterocycles. The van der Waals surface area contributed by atoms with Gasteiger partial charge in [-0.05, 0) is 43.9 Å². The molecule has 5 heteroatoms. The first kappa shape index (κ1) is 15.4. The van der Waals surface area contributed by atoms with Gasteiger partial charge in [-0.25, -0.2) is 4.79 Å². The van der Waals surface area contributed by atoms with E-state index in [1.807, 2.05) is 39.0 Å². The van der Waals surface area contributed by atoms with Gasteiger partial charge in [0.25, 0.3) is 0 Å². The molecule has 0 aromatic heterocycles. The number of benzene rings is 1. The molecule has 0 saturated carbocycles. The summed E-state index contributed by atoms with van der Waals surface area (Å²) in [6.07, 6.45) is 0.366. The van der Waals surface area contributed by atoms with Gasteiger partial charge in [0.1, 0.15) is 5.60 Å².